The standard InChI is InChI=1S/C14H9ClF2O2.C14H10ClFN2O.C8H6ClFO2.3Ar/c15-10-6-5-8(13(17)14(10)19)7-12(18)9-3-1-2-4-11(9)16;15-10-6-5-8(13(16)14(10)19)7-12-9-3-1-2-4-11(9)17-18-12;9-6-2-1-5(3-4-11)7(10)8(6)12;;;/h1-6,19H,7H2;1-6,19H,7H2,(H,17,18);1-2,4,12H,3H2;;;. The number of phenolic OH excluding ortho intramolecular Hbond substituents is 3. The second-order valence-electron chi connectivity index (χ2n) is 10.5. The van der Waals surface area contributed by atoms with Crippen LogP contribution in [0.2, 0.25) is 15.1 Å². The van der Waals surface area contributed by atoms with Gasteiger partial charge >= 0.3 is 0 Å². The number of para-hydroxylation sites is 1. The summed E-state index contributed by atoms with van der Waals surface area (Å²) < 4.78 is 53.9. The summed E-state index contributed by atoms with van der Waals surface area (Å²) in [6, 6.07) is 21.4. The summed E-state index contributed by atoms with van der Waals surface area (Å²) in [5.41, 5.74) is 2.00. The minimum atomic E-state index is -0.961. The molecule has 1 heterocycles. The van der Waals surface area contributed by atoms with Gasteiger partial charge in [0.1, 0.15) is 12.1 Å². The van der Waals surface area contributed by atoms with Crippen LogP contribution in [0.15, 0.2) is 84.9 Å². The van der Waals surface area contributed by atoms with Crippen molar-refractivity contribution >= 4 is 57.8 Å². The van der Waals surface area contributed by atoms with Gasteiger partial charge in [-0.1, -0.05) is 83.3 Å². The first-order valence-electron chi connectivity index (χ1n) is 14.4. The fourth-order valence-corrected chi connectivity index (χ4v) is 5.00. The van der Waals surface area contributed by atoms with E-state index in [0.717, 1.165) is 22.7 Å². The average Bonchev–Trinajstić information content (AvgIpc) is 3.52. The van der Waals surface area contributed by atoms with Crippen LogP contribution in [0.4, 0.5) is 17.6 Å². The summed E-state index contributed by atoms with van der Waals surface area (Å²) in [7, 11) is 0. The van der Waals surface area contributed by atoms with Gasteiger partial charge in [0.15, 0.2) is 40.5 Å². The quantitative estimate of drug-likeness (QED) is 0.0721. The molecule has 0 radical (unpaired) electrons. The molecule has 1 aromatic heterocycles. The van der Waals surface area contributed by atoms with Gasteiger partial charge in [0.05, 0.1) is 26.1 Å². The molecule has 0 aliphatic heterocycles. The van der Waals surface area contributed by atoms with E-state index in [4.69, 9.17) is 39.9 Å². The molecule has 0 amide bonds. The largest absolute Gasteiger partial charge is 0.504 e. The third-order valence-corrected chi connectivity index (χ3v) is 8.09. The van der Waals surface area contributed by atoms with Crippen LogP contribution < -0.4 is 0 Å². The summed E-state index contributed by atoms with van der Waals surface area (Å²) >= 11 is 16.6. The molecule has 0 saturated carbocycles. The van der Waals surface area contributed by atoms with Gasteiger partial charge in [0.25, 0.3) is 0 Å². The Balaban J connectivity index is 0.000000397. The van der Waals surface area contributed by atoms with Gasteiger partial charge in [-0.3, -0.25) is 9.89 Å². The number of rotatable bonds is 7. The summed E-state index contributed by atoms with van der Waals surface area (Å²) in [6.45, 7) is 0. The van der Waals surface area contributed by atoms with Crippen LogP contribution in [0.1, 0.15) is 32.7 Å². The van der Waals surface area contributed by atoms with Crippen molar-refractivity contribution in [2.75, 3.05) is 0 Å². The smallest absolute Gasteiger partial charge is 0.170 e. The Kier molecular flexibility index (Phi) is 22.2. The van der Waals surface area contributed by atoms with Crippen molar-refractivity contribution in [3.8, 4) is 17.2 Å². The number of aromatic amines is 1. The molecular weight excluding hydrogens is 843 g/mol. The monoisotopic (exact) mass is 866 g/mol. The number of phenols is 3. The van der Waals surface area contributed by atoms with E-state index in [1.54, 1.807) is 6.07 Å². The van der Waals surface area contributed by atoms with Gasteiger partial charge < -0.3 is 20.1 Å². The van der Waals surface area contributed by atoms with Gasteiger partial charge in [-0.15, -0.1) is 0 Å². The zero-order valence-corrected chi connectivity index (χ0v) is 31.0. The number of ketones is 1. The number of nitrogens with zero attached hydrogens (tertiary/aromatic N) is 1. The van der Waals surface area contributed by atoms with Gasteiger partial charge in [-0.25, -0.2) is 17.6 Å². The number of Topliss-reactive ketones (excluding diaryl/α,β-unsaturated/α-hetero) is 1. The molecule has 53 heavy (non-hydrogen) atoms. The van der Waals surface area contributed by atoms with Crippen molar-refractivity contribution in [1.29, 1.82) is 0 Å². The van der Waals surface area contributed by atoms with Crippen LogP contribution in [-0.4, -0.2) is 37.6 Å². The zero-order chi connectivity index (χ0) is 36.5. The van der Waals surface area contributed by atoms with E-state index in [0.29, 0.717) is 18.3 Å². The van der Waals surface area contributed by atoms with Crippen molar-refractivity contribution in [3.63, 3.8) is 0 Å². The van der Waals surface area contributed by atoms with E-state index in [-0.39, 0.29) is 158 Å². The SMILES string of the molecule is O=C(Cc1ccc(Cl)c(O)c1F)c1ccccc1F.O=CCc1ccc(Cl)c(O)c1F.Oc1c(Cl)ccc(Cc2[nH]nc3ccccc23)c1F.[Ar].[Ar].[Ar]. The van der Waals surface area contributed by atoms with E-state index in [1.165, 1.54) is 48.5 Å². The summed E-state index contributed by atoms with van der Waals surface area (Å²) in [4.78, 5) is 21.9. The third kappa shape index (κ3) is 13.1. The molecule has 5 aromatic carbocycles. The second-order valence-corrected chi connectivity index (χ2v) is 11.7. The van der Waals surface area contributed by atoms with Crippen LogP contribution in [0, 0.1) is 136 Å². The van der Waals surface area contributed by atoms with Crippen LogP contribution in [0.3, 0.4) is 0 Å². The molecule has 17 heteroatoms. The Labute approximate surface area is 405 Å². The maximum absolute atomic E-state index is 13.9. The Hall–Kier alpha value is -1.32. The predicted molar refractivity (Wildman–Crippen MR) is 182 cm³/mol. The minimum Gasteiger partial charge on any atom is -0.504 e. The topological polar surface area (TPSA) is 124 Å². The molecule has 6 aromatic rings. The van der Waals surface area contributed by atoms with E-state index < -0.39 is 46.3 Å². The first kappa shape index (κ1) is 49.7. The molecule has 0 saturated heterocycles. The number of fused-ring (bicyclic) bond motifs is 1. The number of hydrogen-bond donors (Lipinski definition) is 4. The number of aromatic hydroxyl groups is 3. The van der Waals surface area contributed by atoms with E-state index in [2.05, 4.69) is 10.2 Å². The van der Waals surface area contributed by atoms with Crippen molar-refractivity contribution in [1.82, 2.24) is 10.2 Å². The number of benzene rings is 5. The van der Waals surface area contributed by atoms with Crippen LogP contribution in [0.5, 0.6) is 17.2 Å². The fourth-order valence-electron chi connectivity index (χ4n) is 4.56. The van der Waals surface area contributed by atoms with Crippen LogP contribution in [0.25, 0.3) is 10.9 Å². The van der Waals surface area contributed by atoms with Gasteiger partial charge in [0, 0.05) is 144 Å². The number of hydrogen-bond acceptors (Lipinski definition) is 6. The summed E-state index contributed by atoms with van der Waals surface area (Å²) in [6.07, 6.45) is 0.469. The van der Waals surface area contributed by atoms with Crippen molar-refractivity contribution in [3.05, 3.63) is 151 Å². The van der Waals surface area contributed by atoms with Crippen molar-refractivity contribution < 1.29 is 156 Å². The Morgan fingerprint density at radius 1 is 0.660 bits per heavy atom. The van der Waals surface area contributed by atoms with Crippen LogP contribution >= 0.6 is 34.8 Å². The van der Waals surface area contributed by atoms with Crippen molar-refractivity contribution in [2.24, 2.45) is 0 Å². The maximum Gasteiger partial charge on any atom is 0.170 e. The van der Waals surface area contributed by atoms with Crippen molar-refractivity contribution in [2.45, 2.75) is 19.3 Å². The van der Waals surface area contributed by atoms with Gasteiger partial charge in [0.2, 0.25) is 0 Å². The Morgan fingerprint density at radius 2 is 1.13 bits per heavy atom. The minimum absolute atomic E-state index is 0. The first-order valence-corrected chi connectivity index (χ1v) is 15.6. The number of H-pyrrole nitrogens is 1. The first-order chi connectivity index (χ1) is 23.8. The van der Waals surface area contributed by atoms with E-state index in [9.17, 15) is 37.4 Å². The molecule has 282 valence electrons. The normalized spacial score (nSPS) is 9.94. The molecule has 0 aliphatic rings. The molecule has 4 N–H and O–H groups in total. The van der Waals surface area contributed by atoms with Crippen LogP contribution in [-0.2, 0) is 24.1 Å². The molecule has 0 aliphatic carbocycles. The molecule has 0 fully saturated rings. The third-order valence-electron chi connectivity index (χ3n) is 7.18. The molecule has 0 unspecified atom stereocenters. The maximum atomic E-state index is 13.9. The number of nitrogens with one attached hydrogen (secondary N) is 1. The predicted octanol–water partition coefficient (Wildman–Crippen LogP) is 9.33. The Bertz CT molecular complexity index is 2200. The number of halogens is 7. The number of carbonyl (C=O) groups is 2. The molecule has 6 rings (SSSR count). The number of aromatic nitrogens is 2. The molecule has 0 bridgehead atoms. The number of carbonyl (C=O) groups excluding carboxylic acids is 2. The zero-order valence-electron chi connectivity index (χ0n) is 26.6. The average molecular weight is 868 g/mol. The van der Waals surface area contributed by atoms with Gasteiger partial charge in [-0.05, 0) is 53.1 Å². The molecule has 0 spiro atoms. The second kappa shape index (κ2) is 23.7. The summed E-state index contributed by atoms with van der Waals surface area (Å²) in [5.74, 6) is -5.53. The Morgan fingerprint density at radius 3 is 1.70 bits per heavy atom. The molecular formula is C36H25Ar3Cl3F4N2O5. The number of aldehydes is 1. The molecule has 7 nitrogen and oxygen atoms in total. The molecule has 0 atom stereocenters. The van der Waals surface area contributed by atoms with Gasteiger partial charge in [-0.2, -0.15) is 5.10 Å². The van der Waals surface area contributed by atoms with E-state index in [1.807, 2.05) is 24.3 Å². The van der Waals surface area contributed by atoms with E-state index >= 15 is 0 Å². The fraction of sp³-hybridized carbons (Fsp3) is 0.0833. The summed E-state index contributed by atoms with van der Waals surface area (Å²) in [5, 5.41) is 35.6.